The molecule has 1 N–H and O–H groups in total. The molecule has 41 heavy (non-hydrogen) atoms. The van der Waals surface area contributed by atoms with Crippen molar-refractivity contribution in [3.8, 4) is 0 Å². The van der Waals surface area contributed by atoms with Crippen LogP contribution in [0.1, 0.15) is 28.4 Å². The fourth-order valence-electron chi connectivity index (χ4n) is 5.08. The molecule has 1 aliphatic heterocycles. The number of aryl methyl sites for hydroxylation is 2. The molecule has 5 rings (SSSR count). The van der Waals surface area contributed by atoms with Crippen LogP contribution in [0.5, 0.6) is 0 Å². The number of fused-ring (bicyclic) bond motifs is 1. The van der Waals surface area contributed by atoms with E-state index in [2.05, 4.69) is 41.1 Å². The lowest BCUT2D eigenvalue weighted by Gasteiger charge is -2.34. The van der Waals surface area contributed by atoms with E-state index in [9.17, 15) is 13.2 Å². The second-order valence-corrected chi connectivity index (χ2v) is 12.9. The largest absolute Gasteiger partial charge is 0.351 e. The Bertz CT molecular complexity index is 1590. The van der Waals surface area contributed by atoms with E-state index in [0.29, 0.717) is 24.3 Å². The van der Waals surface area contributed by atoms with E-state index in [1.54, 1.807) is 42.5 Å². The molecule has 0 atom stereocenters. The maximum atomic E-state index is 13.2. The summed E-state index contributed by atoms with van der Waals surface area (Å²) in [5, 5.41) is 4.05. The summed E-state index contributed by atoms with van der Waals surface area (Å²) >= 11 is 1.76. The van der Waals surface area contributed by atoms with Crippen LogP contribution in [0.2, 0.25) is 0 Å². The van der Waals surface area contributed by atoms with Gasteiger partial charge in [-0.25, -0.2) is 13.4 Å². The summed E-state index contributed by atoms with van der Waals surface area (Å²) in [6.07, 6.45) is 0. The summed E-state index contributed by atoms with van der Waals surface area (Å²) in [5.74, 6) is -0.210. The monoisotopic (exact) mass is 613 g/mol. The van der Waals surface area contributed by atoms with Gasteiger partial charge in [0.05, 0.1) is 20.8 Å². The zero-order valence-electron chi connectivity index (χ0n) is 23.5. The molecule has 0 saturated carbocycles. The van der Waals surface area contributed by atoms with Crippen LogP contribution in [0.4, 0.5) is 10.8 Å². The van der Waals surface area contributed by atoms with Crippen molar-refractivity contribution in [1.82, 2.24) is 15.2 Å². The van der Waals surface area contributed by atoms with Crippen molar-refractivity contribution in [2.75, 3.05) is 55.0 Å². The molecule has 3 aromatic carbocycles. The Hall–Kier alpha value is -3.18. The molecule has 218 valence electrons. The number of thiazole rings is 1. The summed E-state index contributed by atoms with van der Waals surface area (Å²) in [7, 11) is -3.73. The predicted octanol–water partition coefficient (Wildman–Crippen LogP) is 5.10. The highest BCUT2D eigenvalue weighted by Gasteiger charge is 2.24. The quantitative estimate of drug-likeness (QED) is 0.283. The van der Waals surface area contributed by atoms with Crippen molar-refractivity contribution < 1.29 is 13.2 Å². The number of piperazine rings is 1. The van der Waals surface area contributed by atoms with Crippen molar-refractivity contribution in [1.29, 1.82) is 0 Å². The number of carbonyl (C=O) groups excluding carboxylic acids is 1. The van der Waals surface area contributed by atoms with Gasteiger partial charge in [0, 0.05) is 51.4 Å². The third-order valence-electron chi connectivity index (χ3n) is 7.21. The van der Waals surface area contributed by atoms with Gasteiger partial charge in [-0.2, -0.15) is 0 Å². The molecule has 0 bridgehead atoms. The zero-order valence-corrected chi connectivity index (χ0v) is 26.0. The predicted molar refractivity (Wildman–Crippen MR) is 170 cm³/mol. The molecule has 1 amide bonds. The van der Waals surface area contributed by atoms with Crippen LogP contribution in [0, 0.1) is 13.8 Å². The van der Waals surface area contributed by atoms with Gasteiger partial charge in [0.1, 0.15) is 0 Å². The average molecular weight is 614 g/mol. The number of rotatable bonds is 9. The third-order valence-corrected chi connectivity index (χ3v) is 10.2. The number of aromatic nitrogens is 1. The van der Waals surface area contributed by atoms with Crippen LogP contribution in [0.15, 0.2) is 71.6 Å². The smallest absolute Gasteiger partial charge is 0.264 e. The minimum atomic E-state index is -3.73. The van der Waals surface area contributed by atoms with Gasteiger partial charge in [-0.05, 0) is 74.4 Å². The maximum Gasteiger partial charge on any atom is 0.264 e. The number of nitrogens with one attached hydrogen (secondary N) is 1. The van der Waals surface area contributed by atoms with Gasteiger partial charge in [-0.3, -0.25) is 14.0 Å². The first-order valence-electron chi connectivity index (χ1n) is 13.6. The van der Waals surface area contributed by atoms with E-state index in [1.807, 2.05) is 18.2 Å². The van der Waals surface area contributed by atoms with Gasteiger partial charge >= 0.3 is 0 Å². The highest BCUT2D eigenvalue weighted by atomic mass is 35.5. The molecule has 1 fully saturated rings. The van der Waals surface area contributed by atoms with Gasteiger partial charge in [-0.1, -0.05) is 35.6 Å². The van der Waals surface area contributed by atoms with Crippen molar-refractivity contribution in [2.24, 2.45) is 0 Å². The minimum Gasteiger partial charge on any atom is -0.351 e. The fraction of sp³-hybridized carbons (Fsp3) is 0.333. The topological polar surface area (TPSA) is 85.8 Å². The molecule has 2 heterocycles. The van der Waals surface area contributed by atoms with Crippen LogP contribution in [-0.2, 0) is 10.0 Å². The van der Waals surface area contributed by atoms with E-state index in [-0.39, 0.29) is 23.2 Å². The summed E-state index contributed by atoms with van der Waals surface area (Å²) < 4.78 is 29.0. The number of nitrogens with zero attached hydrogens (tertiary/aromatic N) is 4. The highest BCUT2D eigenvalue weighted by molar-refractivity contribution is 7.92. The number of hydrogen-bond acceptors (Lipinski definition) is 7. The molecule has 1 saturated heterocycles. The Morgan fingerprint density at radius 1 is 1.00 bits per heavy atom. The molecule has 1 aromatic heterocycles. The van der Waals surface area contributed by atoms with Gasteiger partial charge in [0.15, 0.2) is 5.13 Å². The first-order chi connectivity index (χ1) is 19.3. The van der Waals surface area contributed by atoms with Crippen LogP contribution in [0.25, 0.3) is 10.2 Å². The second kappa shape index (κ2) is 13.2. The first-order valence-corrected chi connectivity index (χ1v) is 15.8. The number of halogens is 1. The van der Waals surface area contributed by atoms with Crippen molar-refractivity contribution >= 4 is 60.7 Å². The normalized spacial score (nSPS) is 14.1. The minimum absolute atomic E-state index is 0. The van der Waals surface area contributed by atoms with Crippen LogP contribution >= 0.6 is 23.7 Å². The standard InChI is InChI=1S/C30H35N5O3S2.ClH/c1-4-35(25-8-6-5-7-9-25)40(37,38)26-12-10-24(11-13-26)29(36)31-14-15-33-16-18-34(19-17-33)30-32-28-23(3)20-22(2)21-27(28)39-30;/h5-13,20-21H,4,14-19H2,1-3H3,(H,31,36);1H. The summed E-state index contributed by atoms with van der Waals surface area (Å²) in [6.45, 7) is 11.2. The summed E-state index contributed by atoms with van der Waals surface area (Å²) in [6, 6.07) is 19.5. The van der Waals surface area contributed by atoms with Crippen molar-refractivity contribution in [3.05, 3.63) is 83.4 Å². The zero-order chi connectivity index (χ0) is 28.3. The van der Waals surface area contributed by atoms with Gasteiger partial charge in [0.2, 0.25) is 0 Å². The lowest BCUT2D eigenvalue weighted by Crippen LogP contribution is -2.48. The first kappa shape index (κ1) is 30.8. The SMILES string of the molecule is CCN(c1ccccc1)S(=O)(=O)c1ccc(C(=O)NCCN2CCN(c3nc4c(C)cc(C)cc4s3)CC2)cc1.Cl. The molecule has 0 unspecified atom stereocenters. The Labute approximate surface area is 252 Å². The Morgan fingerprint density at radius 3 is 2.34 bits per heavy atom. The highest BCUT2D eigenvalue weighted by Crippen LogP contribution is 2.32. The summed E-state index contributed by atoms with van der Waals surface area (Å²) in [4.78, 5) is 22.5. The van der Waals surface area contributed by atoms with E-state index in [4.69, 9.17) is 4.98 Å². The van der Waals surface area contributed by atoms with Gasteiger partial charge in [0.25, 0.3) is 15.9 Å². The molecular formula is C30H36ClN5O3S2. The lowest BCUT2D eigenvalue weighted by molar-refractivity contribution is 0.0947. The van der Waals surface area contributed by atoms with Crippen LogP contribution < -0.4 is 14.5 Å². The lowest BCUT2D eigenvalue weighted by atomic mass is 10.1. The van der Waals surface area contributed by atoms with E-state index in [0.717, 1.165) is 43.4 Å². The Balaban J connectivity index is 0.00000387. The molecule has 0 aliphatic carbocycles. The number of hydrogen-bond donors (Lipinski definition) is 1. The number of amides is 1. The third kappa shape index (κ3) is 6.83. The molecule has 4 aromatic rings. The molecule has 1 aliphatic rings. The molecular weight excluding hydrogens is 578 g/mol. The second-order valence-electron chi connectivity index (χ2n) is 10.0. The molecule has 0 spiro atoms. The summed E-state index contributed by atoms with van der Waals surface area (Å²) in [5.41, 5.74) is 4.63. The molecule has 8 nitrogen and oxygen atoms in total. The maximum absolute atomic E-state index is 13.2. The Kier molecular flexibility index (Phi) is 9.91. The van der Waals surface area contributed by atoms with E-state index in [1.165, 1.54) is 32.3 Å². The number of sulfonamides is 1. The van der Waals surface area contributed by atoms with Crippen LogP contribution in [0.3, 0.4) is 0 Å². The number of carbonyl (C=O) groups is 1. The molecule has 11 heteroatoms. The number of para-hydroxylation sites is 1. The van der Waals surface area contributed by atoms with Gasteiger partial charge in [-0.15, -0.1) is 12.4 Å². The van der Waals surface area contributed by atoms with Crippen molar-refractivity contribution in [3.63, 3.8) is 0 Å². The molecule has 0 radical (unpaired) electrons. The van der Waals surface area contributed by atoms with E-state index >= 15 is 0 Å². The van der Waals surface area contributed by atoms with Crippen molar-refractivity contribution in [2.45, 2.75) is 25.7 Å². The fourth-order valence-corrected chi connectivity index (χ4v) is 7.74. The number of benzene rings is 3. The Morgan fingerprint density at radius 2 is 1.68 bits per heavy atom. The average Bonchev–Trinajstić information content (AvgIpc) is 3.39. The van der Waals surface area contributed by atoms with Crippen LogP contribution in [-0.4, -0.2) is 70.0 Å². The van der Waals surface area contributed by atoms with Gasteiger partial charge < -0.3 is 10.2 Å². The van der Waals surface area contributed by atoms with E-state index < -0.39 is 10.0 Å². The number of anilines is 2.